The Morgan fingerprint density at radius 3 is 2.86 bits per heavy atom. The first-order chi connectivity index (χ1) is 13.6. The molecule has 1 saturated heterocycles. The molecular weight excluding hydrogens is 362 g/mol. The van der Waals surface area contributed by atoms with Crippen LogP contribution in [0.4, 0.5) is 11.9 Å². The first kappa shape index (κ1) is 18.4. The molecule has 1 aliphatic carbocycles. The van der Waals surface area contributed by atoms with E-state index in [1.54, 1.807) is 23.9 Å². The van der Waals surface area contributed by atoms with E-state index in [9.17, 15) is 9.59 Å². The molecule has 2 fully saturated rings. The molecule has 0 spiro atoms. The SMILES string of the molecule is CCN(c1nc(NCCOC)n2ncc(/C=C3\CC(=O)NC3=O)c2n1)C1CC1. The summed E-state index contributed by atoms with van der Waals surface area (Å²) in [5.74, 6) is 0.526. The number of hydrogen-bond donors (Lipinski definition) is 2. The molecule has 0 radical (unpaired) electrons. The zero-order chi connectivity index (χ0) is 19.7. The number of amides is 2. The lowest BCUT2D eigenvalue weighted by molar-refractivity contribution is -0.124. The van der Waals surface area contributed by atoms with Crippen LogP contribution in [-0.4, -0.2) is 64.2 Å². The van der Waals surface area contributed by atoms with Crippen LogP contribution >= 0.6 is 0 Å². The Balaban J connectivity index is 1.77. The molecule has 2 aliphatic rings. The van der Waals surface area contributed by atoms with Crippen molar-refractivity contribution in [2.24, 2.45) is 0 Å². The van der Waals surface area contributed by atoms with Gasteiger partial charge in [-0.3, -0.25) is 14.9 Å². The minimum Gasteiger partial charge on any atom is -0.383 e. The third-order valence-corrected chi connectivity index (χ3v) is 4.78. The number of nitrogens with one attached hydrogen (secondary N) is 2. The van der Waals surface area contributed by atoms with Crippen molar-refractivity contribution >= 4 is 35.4 Å². The topological polar surface area (TPSA) is 114 Å². The van der Waals surface area contributed by atoms with Crippen LogP contribution in [0.1, 0.15) is 31.7 Å². The summed E-state index contributed by atoms with van der Waals surface area (Å²) in [6.07, 6.45) is 5.63. The molecule has 0 atom stereocenters. The van der Waals surface area contributed by atoms with Crippen LogP contribution < -0.4 is 15.5 Å². The Bertz CT molecular complexity index is 948. The second kappa shape index (κ2) is 7.55. The number of hydrogen-bond acceptors (Lipinski definition) is 8. The number of anilines is 2. The number of methoxy groups -OCH3 is 1. The zero-order valence-corrected chi connectivity index (χ0v) is 15.9. The van der Waals surface area contributed by atoms with Crippen molar-refractivity contribution in [1.29, 1.82) is 0 Å². The average Bonchev–Trinajstić information content (AvgIpc) is 3.34. The molecule has 3 heterocycles. The predicted octanol–water partition coefficient (Wildman–Crippen LogP) is 0.601. The Labute approximate surface area is 162 Å². The summed E-state index contributed by atoms with van der Waals surface area (Å²) in [7, 11) is 1.64. The fourth-order valence-corrected chi connectivity index (χ4v) is 3.25. The van der Waals surface area contributed by atoms with Gasteiger partial charge in [0.2, 0.25) is 17.8 Å². The quantitative estimate of drug-likeness (QED) is 0.386. The number of carbonyl (C=O) groups is 2. The van der Waals surface area contributed by atoms with Crippen LogP contribution in [0.3, 0.4) is 0 Å². The van der Waals surface area contributed by atoms with E-state index in [1.165, 1.54) is 0 Å². The zero-order valence-electron chi connectivity index (χ0n) is 15.9. The van der Waals surface area contributed by atoms with Crippen LogP contribution in [0, 0.1) is 0 Å². The molecular formula is C18H23N7O3. The van der Waals surface area contributed by atoms with Crippen molar-refractivity contribution < 1.29 is 14.3 Å². The maximum Gasteiger partial charge on any atom is 0.254 e. The van der Waals surface area contributed by atoms with Gasteiger partial charge in [-0.05, 0) is 25.8 Å². The summed E-state index contributed by atoms with van der Waals surface area (Å²) in [6, 6.07) is 0.460. The number of rotatable bonds is 8. The molecule has 10 nitrogen and oxygen atoms in total. The molecule has 2 aromatic rings. The van der Waals surface area contributed by atoms with E-state index < -0.39 is 0 Å². The molecule has 1 saturated carbocycles. The summed E-state index contributed by atoms with van der Waals surface area (Å²) in [5, 5.41) is 9.91. The Morgan fingerprint density at radius 2 is 2.21 bits per heavy atom. The Morgan fingerprint density at radius 1 is 1.39 bits per heavy atom. The summed E-state index contributed by atoms with van der Waals surface area (Å²) in [5.41, 5.74) is 1.66. The van der Waals surface area contributed by atoms with Crippen molar-refractivity contribution in [2.75, 3.05) is 37.0 Å². The predicted molar refractivity (Wildman–Crippen MR) is 103 cm³/mol. The highest BCUT2D eigenvalue weighted by Gasteiger charge is 2.31. The molecule has 2 aromatic heterocycles. The van der Waals surface area contributed by atoms with Gasteiger partial charge < -0.3 is 15.0 Å². The van der Waals surface area contributed by atoms with Gasteiger partial charge in [-0.1, -0.05) is 0 Å². The molecule has 148 valence electrons. The molecule has 0 aromatic carbocycles. The van der Waals surface area contributed by atoms with Gasteiger partial charge in [0.15, 0.2) is 5.65 Å². The molecule has 0 bridgehead atoms. The highest BCUT2D eigenvalue weighted by molar-refractivity contribution is 6.15. The molecule has 4 rings (SSSR count). The molecule has 28 heavy (non-hydrogen) atoms. The van der Waals surface area contributed by atoms with Crippen LogP contribution in [-0.2, 0) is 14.3 Å². The van der Waals surface area contributed by atoms with E-state index in [4.69, 9.17) is 9.72 Å². The van der Waals surface area contributed by atoms with Crippen molar-refractivity contribution in [2.45, 2.75) is 32.2 Å². The van der Waals surface area contributed by atoms with Gasteiger partial charge in [0.1, 0.15) is 0 Å². The van der Waals surface area contributed by atoms with Crippen molar-refractivity contribution in [3.63, 3.8) is 0 Å². The first-order valence-electron chi connectivity index (χ1n) is 9.40. The van der Waals surface area contributed by atoms with Gasteiger partial charge in [-0.15, -0.1) is 0 Å². The van der Waals surface area contributed by atoms with E-state index in [1.807, 2.05) is 0 Å². The van der Waals surface area contributed by atoms with Crippen LogP contribution in [0.25, 0.3) is 11.7 Å². The van der Waals surface area contributed by atoms with Crippen molar-refractivity contribution in [3.8, 4) is 0 Å². The Kier molecular flexibility index (Phi) is 4.95. The second-order valence-corrected chi connectivity index (χ2v) is 6.84. The fourth-order valence-electron chi connectivity index (χ4n) is 3.25. The van der Waals surface area contributed by atoms with Gasteiger partial charge in [0.05, 0.1) is 19.2 Å². The Hall–Kier alpha value is -3.01. The van der Waals surface area contributed by atoms with Gasteiger partial charge in [0, 0.05) is 37.4 Å². The normalized spacial score (nSPS) is 18.1. The van der Waals surface area contributed by atoms with Gasteiger partial charge in [-0.2, -0.15) is 19.6 Å². The van der Waals surface area contributed by atoms with Crippen molar-refractivity contribution in [3.05, 3.63) is 17.3 Å². The number of fused-ring (bicyclic) bond motifs is 1. The molecule has 0 unspecified atom stereocenters. The third-order valence-electron chi connectivity index (χ3n) is 4.78. The van der Waals surface area contributed by atoms with Gasteiger partial charge in [0.25, 0.3) is 5.91 Å². The number of carbonyl (C=O) groups excluding carboxylic acids is 2. The lowest BCUT2D eigenvalue weighted by atomic mass is 10.1. The minimum atomic E-state index is -0.370. The largest absolute Gasteiger partial charge is 0.383 e. The highest BCUT2D eigenvalue weighted by atomic mass is 16.5. The van der Waals surface area contributed by atoms with Crippen molar-refractivity contribution in [1.82, 2.24) is 24.9 Å². The number of nitrogens with zero attached hydrogens (tertiary/aromatic N) is 5. The van der Waals surface area contributed by atoms with Gasteiger partial charge in [-0.25, -0.2) is 0 Å². The molecule has 1 aliphatic heterocycles. The fraction of sp³-hybridized carbons (Fsp3) is 0.500. The highest BCUT2D eigenvalue weighted by Crippen LogP contribution is 2.31. The number of imide groups is 1. The maximum atomic E-state index is 11.9. The van der Waals surface area contributed by atoms with Crippen LogP contribution in [0.15, 0.2) is 11.8 Å². The number of aromatic nitrogens is 4. The minimum absolute atomic E-state index is 0.0657. The maximum absolute atomic E-state index is 11.9. The standard InChI is InChI=1S/C18H23N7O3/c1-3-24(13-4-5-13)18-22-15-12(8-11-9-14(26)21-16(11)27)10-20-25(15)17(23-18)19-6-7-28-2/h8,10,13H,3-7,9H2,1-2H3,(H,19,22,23)(H,21,26,27)/b11-8+. The van der Waals surface area contributed by atoms with E-state index >= 15 is 0 Å². The monoisotopic (exact) mass is 385 g/mol. The average molecular weight is 385 g/mol. The first-order valence-corrected chi connectivity index (χ1v) is 9.40. The lowest BCUT2D eigenvalue weighted by Crippen LogP contribution is -2.28. The summed E-state index contributed by atoms with van der Waals surface area (Å²) in [4.78, 5) is 35.0. The summed E-state index contributed by atoms with van der Waals surface area (Å²) in [6.45, 7) is 3.99. The van der Waals surface area contributed by atoms with E-state index in [2.05, 4.69) is 32.5 Å². The molecule has 10 heteroatoms. The smallest absolute Gasteiger partial charge is 0.254 e. The third kappa shape index (κ3) is 3.55. The second-order valence-electron chi connectivity index (χ2n) is 6.84. The van der Waals surface area contributed by atoms with Crippen LogP contribution in [0.2, 0.25) is 0 Å². The molecule has 2 N–H and O–H groups in total. The molecule has 2 amide bonds. The van der Waals surface area contributed by atoms with Crippen LogP contribution in [0.5, 0.6) is 0 Å². The van der Waals surface area contributed by atoms with E-state index in [-0.39, 0.29) is 18.2 Å². The summed E-state index contributed by atoms with van der Waals surface area (Å²) >= 11 is 0. The lowest BCUT2D eigenvalue weighted by Gasteiger charge is -2.21. The number of ether oxygens (including phenoxy) is 1. The van der Waals surface area contributed by atoms with Gasteiger partial charge >= 0.3 is 0 Å². The van der Waals surface area contributed by atoms with E-state index in [0.29, 0.717) is 47.9 Å². The van der Waals surface area contributed by atoms with E-state index in [0.717, 1.165) is 19.4 Å². The summed E-state index contributed by atoms with van der Waals surface area (Å²) < 4.78 is 6.72.